The quantitative estimate of drug-likeness (QED) is 0.576. The van der Waals surface area contributed by atoms with Gasteiger partial charge in [-0.05, 0) is 42.0 Å². The van der Waals surface area contributed by atoms with Crippen LogP contribution in [0.15, 0.2) is 41.8 Å². The average Bonchev–Trinajstić information content (AvgIpc) is 3.42. The Hall–Kier alpha value is -3.20. The molecule has 1 saturated heterocycles. The van der Waals surface area contributed by atoms with Gasteiger partial charge in [0.1, 0.15) is 6.04 Å². The van der Waals surface area contributed by atoms with Crippen molar-refractivity contribution in [1.82, 2.24) is 15.5 Å². The Morgan fingerprint density at radius 1 is 1.10 bits per heavy atom. The second-order valence-corrected chi connectivity index (χ2v) is 8.10. The van der Waals surface area contributed by atoms with E-state index in [4.69, 9.17) is 5.73 Å². The maximum atomic E-state index is 12.6. The molecular formula is C21H24N4O4S. The van der Waals surface area contributed by atoms with Gasteiger partial charge in [-0.25, -0.2) is 0 Å². The molecule has 1 aromatic carbocycles. The molecule has 0 aliphatic carbocycles. The number of nitrogens with zero attached hydrogens (tertiary/aromatic N) is 1. The fourth-order valence-electron chi connectivity index (χ4n) is 3.35. The zero-order valence-corrected chi connectivity index (χ0v) is 17.2. The van der Waals surface area contributed by atoms with E-state index in [0.29, 0.717) is 31.5 Å². The maximum Gasteiger partial charge on any atom is 0.251 e. The van der Waals surface area contributed by atoms with E-state index in [1.54, 1.807) is 29.2 Å². The van der Waals surface area contributed by atoms with Gasteiger partial charge in [-0.2, -0.15) is 0 Å². The highest BCUT2D eigenvalue weighted by Gasteiger charge is 2.33. The number of hydrogen-bond acceptors (Lipinski definition) is 5. The summed E-state index contributed by atoms with van der Waals surface area (Å²) in [6, 6.07) is 10.1. The van der Waals surface area contributed by atoms with Crippen LogP contribution in [-0.4, -0.2) is 47.7 Å². The van der Waals surface area contributed by atoms with Crippen LogP contribution in [0.2, 0.25) is 0 Å². The normalized spacial score (nSPS) is 15.6. The van der Waals surface area contributed by atoms with Crippen molar-refractivity contribution in [2.45, 2.75) is 31.8 Å². The monoisotopic (exact) mass is 428 g/mol. The minimum Gasteiger partial charge on any atom is -0.368 e. The molecule has 1 unspecified atom stereocenters. The van der Waals surface area contributed by atoms with Crippen LogP contribution in [0.1, 0.15) is 33.6 Å². The number of hydrogen-bond donors (Lipinski definition) is 3. The van der Waals surface area contributed by atoms with Gasteiger partial charge in [-0.1, -0.05) is 18.2 Å². The molecule has 2 aromatic rings. The molecule has 0 saturated carbocycles. The van der Waals surface area contributed by atoms with Gasteiger partial charge in [0.15, 0.2) is 0 Å². The molecule has 0 radical (unpaired) electrons. The number of likely N-dealkylation sites (tertiary alicyclic amines) is 1. The maximum absolute atomic E-state index is 12.6. The molecule has 4 N–H and O–H groups in total. The van der Waals surface area contributed by atoms with Gasteiger partial charge in [-0.15, -0.1) is 11.3 Å². The van der Waals surface area contributed by atoms with Crippen LogP contribution in [0.3, 0.4) is 0 Å². The van der Waals surface area contributed by atoms with Crippen LogP contribution in [0, 0.1) is 0 Å². The van der Waals surface area contributed by atoms with Crippen molar-refractivity contribution in [3.63, 3.8) is 0 Å². The first-order valence-corrected chi connectivity index (χ1v) is 10.6. The van der Waals surface area contributed by atoms with Crippen LogP contribution < -0.4 is 16.4 Å². The summed E-state index contributed by atoms with van der Waals surface area (Å²) in [6.07, 6.45) is 1.78. The molecule has 0 spiro atoms. The minimum absolute atomic E-state index is 0.0265. The second kappa shape index (κ2) is 10.0. The molecule has 1 fully saturated rings. The number of benzene rings is 1. The molecule has 1 aliphatic heterocycles. The fraction of sp³-hybridized carbons (Fsp3) is 0.333. The summed E-state index contributed by atoms with van der Waals surface area (Å²) in [4.78, 5) is 50.5. The molecule has 1 atom stereocenters. The van der Waals surface area contributed by atoms with Crippen LogP contribution in [-0.2, 0) is 27.3 Å². The molecule has 0 bridgehead atoms. The van der Waals surface area contributed by atoms with E-state index in [1.165, 1.54) is 11.3 Å². The van der Waals surface area contributed by atoms with E-state index in [2.05, 4.69) is 10.6 Å². The van der Waals surface area contributed by atoms with Crippen molar-refractivity contribution in [3.05, 3.63) is 57.8 Å². The predicted molar refractivity (Wildman–Crippen MR) is 113 cm³/mol. The van der Waals surface area contributed by atoms with Gasteiger partial charge >= 0.3 is 0 Å². The van der Waals surface area contributed by atoms with Crippen LogP contribution in [0.4, 0.5) is 0 Å². The molecule has 1 aromatic heterocycles. The Morgan fingerprint density at radius 2 is 1.87 bits per heavy atom. The SMILES string of the molecule is NC(=O)CNC(=O)c1ccc(CNC(=O)C2CCCN2C(=O)Cc2cccs2)cc1. The standard InChI is InChI=1S/C21H24N4O4S/c22-18(26)13-24-20(28)15-7-5-14(6-8-15)12-23-21(29)17-4-1-9-25(17)19(27)11-16-3-2-10-30-16/h2-3,5-8,10,17H,1,4,9,11-13H2,(H2,22,26)(H,23,29)(H,24,28). The van der Waals surface area contributed by atoms with E-state index < -0.39 is 17.9 Å². The summed E-state index contributed by atoms with van der Waals surface area (Å²) in [6.45, 7) is 0.669. The highest BCUT2D eigenvalue weighted by molar-refractivity contribution is 7.10. The number of carbonyl (C=O) groups excluding carboxylic acids is 4. The van der Waals surface area contributed by atoms with Crippen LogP contribution in [0.25, 0.3) is 0 Å². The Morgan fingerprint density at radius 3 is 2.53 bits per heavy atom. The number of nitrogens with two attached hydrogens (primary N) is 1. The highest BCUT2D eigenvalue weighted by Crippen LogP contribution is 2.20. The number of carbonyl (C=O) groups is 4. The van der Waals surface area contributed by atoms with Gasteiger partial charge in [0.25, 0.3) is 5.91 Å². The van der Waals surface area contributed by atoms with Gasteiger partial charge in [0.2, 0.25) is 17.7 Å². The van der Waals surface area contributed by atoms with E-state index in [0.717, 1.165) is 16.9 Å². The first kappa shape index (κ1) is 21.5. The number of nitrogens with one attached hydrogen (secondary N) is 2. The third-order valence-electron chi connectivity index (χ3n) is 4.89. The van der Waals surface area contributed by atoms with Crippen molar-refractivity contribution in [3.8, 4) is 0 Å². The third-order valence-corrected chi connectivity index (χ3v) is 5.76. The summed E-state index contributed by atoms with van der Waals surface area (Å²) in [5.41, 5.74) is 6.23. The third kappa shape index (κ3) is 5.66. The number of primary amides is 1. The van der Waals surface area contributed by atoms with Gasteiger partial charge in [0, 0.05) is 23.5 Å². The van der Waals surface area contributed by atoms with Crippen LogP contribution >= 0.6 is 11.3 Å². The summed E-state index contributed by atoms with van der Waals surface area (Å²) < 4.78 is 0. The molecule has 30 heavy (non-hydrogen) atoms. The van der Waals surface area contributed by atoms with Crippen molar-refractivity contribution < 1.29 is 19.2 Å². The first-order valence-electron chi connectivity index (χ1n) is 9.69. The molecule has 1 aliphatic rings. The lowest BCUT2D eigenvalue weighted by Crippen LogP contribution is -2.46. The Bertz CT molecular complexity index is 912. The molecule has 158 valence electrons. The lowest BCUT2D eigenvalue weighted by atomic mass is 10.1. The summed E-state index contributed by atoms with van der Waals surface area (Å²) in [5, 5.41) is 7.23. The lowest BCUT2D eigenvalue weighted by Gasteiger charge is -2.24. The summed E-state index contributed by atoms with van der Waals surface area (Å²) in [7, 11) is 0. The smallest absolute Gasteiger partial charge is 0.251 e. The molecule has 8 nitrogen and oxygen atoms in total. The molecule has 9 heteroatoms. The summed E-state index contributed by atoms with van der Waals surface area (Å²) >= 11 is 1.54. The van der Waals surface area contributed by atoms with Gasteiger partial charge in [-0.3, -0.25) is 19.2 Å². The zero-order chi connectivity index (χ0) is 21.5. The van der Waals surface area contributed by atoms with E-state index in [1.807, 2.05) is 17.5 Å². The largest absolute Gasteiger partial charge is 0.368 e. The molecule has 2 heterocycles. The lowest BCUT2D eigenvalue weighted by molar-refractivity contribution is -0.138. The van der Waals surface area contributed by atoms with E-state index in [-0.39, 0.29) is 18.4 Å². The average molecular weight is 429 g/mol. The second-order valence-electron chi connectivity index (χ2n) is 7.07. The van der Waals surface area contributed by atoms with Crippen molar-refractivity contribution in [2.24, 2.45) is 5.73 Å². The molecule has 3 rings (SSSR count). The van der Waals surface area contributed by atoms with Crippen molar-refractivity contribution in [1.29, 1.82) is 0 Å². The number of amides is 4. The van der Waals surface area contributed by atoms with E-state index >= 15 is 0 Å². The summed E-state index contributed by atoms with van der Waals surface area (Å²) in [5.74, 6) is -1.20. The fourth-order valence-corrected chi connectivity index (χ4v) is 4.05. The molecule has 4 amide bonds. The predicted octanol–water partition coefficient (Wildman–Crippen LogP) is 0.813. The highest BCUT2D eigenvalue weighted by atomic mass is 32.1. The Labute approximate surface area is 178 Å². The van der Waals surface area contributed by atoms with Crippen molar-refractivity contribution in [2.75, 3.05) is 13.1 Å². The van der Waals surface area contributed by atoms with Crippen LogP contribution in [0.5, 0.6) is 0 Å². The van der Waals surface area contributed by atoms with E-state index in [9.17, 15) is 19.2 Å². The molecular weight excluding hydrogens is 404 g/mol. The van der Waals surface area contributed by atoms with Gasteiger partial charge < -0.3 is 21.3 Å². The number of thiophene rings is 1. The Kier molecular flexibility index (Phi) is 7.18. The number of rotatable bonds is 8. The van der Waals surface area contributed by atoms with Gasteiger partial charge in [0.05, 0.1) is 13.0 Å². The first-order chi connectivity index (χ1) is 14.4. The topological polar surface area (TPSA) is 122 Å². The zero-order valence-electron chi connectivity index (χ0n) is 16.4. The van der Waals surface area contributed by atoms with Crippen molar-refractivity contribution >= 4 is 35.0 Å². The Balaban J connectivity index is 1.51. The minimum atomic E-state index is -0.613.